The van der Waals surface area contributed by atoms with E-state index in [0.717, 1.165) is 28.1 Å². The van der Waals surface area contributed by atoms with Crippen LogP contribution in [0.4, 0.5) is 11.4 Å². The molecule has 4 aromatic carbocycles. The fourth-order valence-electron chi connectivity index (χ4n) is 2.70. The molecule has 0 heterocycles. The Balaban J connectivity index is 0.000000216. The molecule has 4 nitrogen and oxygen atoms in total. The van der Waals surface area contributed by atoms with E-state index in [1.165, 1.54) is 0 Å². The molecule has 0 amide bonds. The Morgan fingerprint density at radius 3 is 1.59 bits per heavy atom. The number of halogens is 2. The fourth-order valence-corrected chi connectivity index (χ4v) is 2.70. The first kappa shape index (κ1) is 27.9. The quantitative estimate of drug-likeness (QED) is 0.217. The maximum absolute atomic E-state index is 9.78. The van der Waals surface area contributed by atoms with Gasteiger partial charge in [-0.2, -0.15) is 0 Å². The van der Waals surface area contributed by atoms with E-state index in [9.17, 15) is 10.2 Å². The van der Waals surface area contributed by atoms with Gasteiger partial charge in [-0.3, -0.25) is 9.98 Å². The van der Waals surface area contributed by atoms with Gasteiger partial charge in [0.1, 0.15) is 11.5 Å². The van der Waals surface area contributed by atoms with Gasteiger partial charge in [-0.1, -0.05) is 60.7 Å². The molecule has 0 bridgehead atoms. The normalized spacial score (nSPS) is 10.2. The van der Waals surface area contributed by atoms with E-state index in [4.69, 9.17) is 0 Å². The summed E-state index contributed by atoms with van der Waals surface area (Å²) in [4.78, 5) is 8.55. The number of nitrogens with zero attached hydrogens (tertiary/aromatic N) is 2. The second-order valence-corrected chi connectivity index (χ2v) is 18.2. The van der Waals surface area contributed by atoms with Crippen molar-refractivity contribution in [1.29, 1.82) is 0 Å². The summed E-state index contributed by atoms with van der Waals surface area (Å²) >= 11 is 6.32. The molecular formula is C27H24Br2N2O2Zr. The molecule has 0 aliphatic rings. The van der Waals surface area contributed by atoms with E-state index in [2.05, 4.69) is 34.4 Å². The van der Waals surface area contributed by atoms with Crippen molar-refractivity contribution in [3.8, 4) is 11.5 Å². The first-order valence-electron chi connectivity index (χ1n) is 10.3. The number of aliphatic imine (C=N–C) groups is 2. The van der Waals surface area contributed by atoms with Crippen molar-refractivity contribution in [2.75, 3.05) is 0 Å². The second kappa shape index (κ2) is 16.3. The molecule has 0 unspecified atom stereocenters. The van der Waals surface area contributed by atoms with Gasteiger partial charge in [-0.05, 0) is 55.0 Å². The van der Waals surface area contributed by atoms with Crippen LogP contribution >= 0.6 is 24.4 Å². The van der Waals surface area contributed by atoms with Gasteiger partial charge in [0.15, 0.2) is 0 Å². The standard InChI is InChI=1S/C14H13NO.C13H11NO.2BrH.Zr/c1-11-6-5-7-12(14(11)16)10-15-13-8-3-2-4-9-13;15-13-9-5-4-6-11(13)10-14-12-7-2-1-3-8-12;;;/h2-10,16H,1H3;1-10,15H;2*1H;/q;;;;+2/p-2. The summed E-state index contributed by atoms with van der Waals surface area (Å²) in [6.07, 6.45) is 3.34. The van der Waals surface area contributed by atoms with Crippen LogP contribution in [0.3, 0.4) is 0 Å². The first-order valence-corrected chi connectivity index (χ1v) is 21.5. The average molecular weight is 660 g/mol. The minimum absolute atomic E-state index is 0.145. The Bertz CT molecular complexity index is 1190. The van der Waals surface area contributed by atoms with Crippen molar-refractivity contribution < 1.29 is 28.7 Å². The molecule has 0 aliphatic carbocycles. The van der Waals surface area contributed by atoms with E-state index >= 15 is 0 Å². The van der Waals surface area contributed by atoms with E-state index in [0.29, 0.717) is 5.75 Å². The van der Waals surface area contributed by atoms with E-state index in [1.807, 2.05) is 97.9 Å². The number of para-hydroxylation sites is 4. The van der Waals surface area contributed by atoms with Gasteiger partial charge >= 0.3 is 43.0 Å². The van der Waals surface area contributed by atoms with Crippen LogP contribution < -0.4 is 0 Å². The molecule has 0 spiro atoms. The summed E-state index contributed by atoms with van der Waals surface area (Å²) in [5.74, 6) is 0.541. The average Bonchev–Trinajstić information content (AvgIpc) is 2.87. The maximum atomic E-state index is 9.78. The van der Waals surface area contributed by atoms with Gasteiger partial charge in [0.2, 0.25) is 0 Å². The fraction of sp³-hybridized carbons (Fsp3) is 0.0370. The van der Waals surface area contributed by atoms with Crippen LogP contribution in [0.5, 0.6) is 11.5 Å². The van der Waals surface area contributed by atoms with Gasteiger partial charge in [-0.15, -0.1) is 0 Å². The van der Waals surface area contributed by atoms with E-state index in [1.54, 1.807) is 24.6 Å². The third-order valence-electron chi connectivity index (χ3n) is 4.42. The molecule has 0 atom stereocenters. The van der Waals surface area contributed by atoms with Crippen molar-refractivity contribution >= 4 is 48.2 Å². The van der Waals surface area contributed by atoms with Crippen molar-refractivity contribution in [1.82, 2.24) is 0 Å². The van der Waals surface area contributed by atoms with Crippen molar-refractivity contribution in [3.63, 3.8) is 0 Å². The molecule has 172 valence electrons. The Morgan fingerprint density at radius 2 is 1.06 bits per heavy atom. The van der Waals surface area contributed by atoms with Crippen LogP contribution in [0, 0.1) is 6.92 Å². The Kier molecular flexibility index (Phi) is 13.4. The molecule has 4 aromatic rings. The van der Waals surface area contributed by atoms with Crippen LogP contribution in [0.2, 0.25) is 0 Å². The van der Waals surface area contributed by atoms with Crippen molar-refractivity contribution in [2.24, 2.45) is 9.98 Å². The molecule has 7 heteroatoms. The number of hydrogen-bond donors (Lipinski definition) is 2. The summed E-state index contributed by atoms with van der Waals surface area (Å²) in [6, 6.07) is 32.0. The number of phenols is 2. The molecule has 0 fully saturated rings. The monoisotopic (exact) mass is 656 g/mol. The number of phenolic OH excluding ortho intramolecular Hbond substituents is 2. The summed E-state index contributed by atoms with van der Waals surface area (Å²) in [6.45, 7) is 1.87. The Hall–Kier alpha value is -2.34. The van der Waals surface area contributed by atoms with Crippen LogP contribution in [-0.2, 0) is 18.5 Å². The summed E-state index contributed by atoms with van der Waals surface area (Å²) < 4.78 is 0. The topological polar surface area (TPSA) is 65.2 Å². The zero-order valence-electron chi connectivity index (χ0n) is 18.5. The third-order valence-corrected chi connectivity index (χ3v) is 4.42. The Morgan fingerprint density at radius 1 is 0.618 bits per heavy atom. The molecule has 0 radical (unpaired) electrons. The van der Waals surface area contributed by atoms with Gasteiger partial charge in [-0.25, -0.2) is 0 Å². The number of hydrogen-bond acceptors (Lipinski definition) is 4. The number of aryl methyl sites for hydroxylation is 1. The summed E-state index contributed by atoms with van der Waals surface area (Å²) in [5, 5.41) is 19.3. The summed E-state index contributed by atoms with van der Waals surface area (Å²) in [7, 11) is 0. The molecule has 0 saturated carbocycles. The van der Waals surface area contributed by atoms with Crippen LogP contribution in [0.15, 0.2) is 113 Å². The minimum atomic E-state index is -0.145. The molecule has 2 N–H and O–H groups in total. The molecule has 0 aliphatic heterocycles. The van der Waals surface area contributed by atoms with Crippen molar-refractivity contribution in [2.45, 2.75) is 6.92 Å². The van der Waals surface area contributed by atoms with Crippen molar-refractivity contribution in [3.05, 3.63) is 120 Å². The number of aromatic hydroxyl groups is 2. The molecule has 4 rings (SSSR count). The number of rotatable bonds is 4. The predicted molar refractivity (Wildman–Crippen MR) is 146 cm³/mol. The Labute approximate surface area is 223 Å². The summed E-state index contributed by atoms with van der Waals surface area (Å²) in [5.41, 5.74) is 4.08. The van der Waals surface area contributed by atoms with E-state index in [-0.39, 0.29) is 24.3 Å². The van der Waals surface area contributed by atoms with Crippen LogP contribution in [-0.4, -0.2) is 22.6 Å². The van der Waals surface area contributed by atoms with Gasteiger partial charge in [0.25, 0.3) is 0 Å². The third kappa shape index (κ3) is 10.3. The zero-order valence-corrected chi connectivity index (χ0v) is 24.1. The van der Waals surface area contributed by atoms with Crippen LogP contribution in [0.1, 0.15) is 16.7 Å². The first-order chi connectivity index (χ1) is 16.5. The van der Waals surface area contributed by atoms with E-state index < -0.39 is 0 Å². The molecule has 0 saturated heterocycles. The molecular weight excluding hydrogens is 635 g/mol. The van der Waals surface area contributed by atoms with Crippen LogP contribution in [0.25, 0.3) is 0 Å². The van der Waals surface area contributed by atoms with Gasteiger partial charge in [0, 0.05) is 23.6 Å². The molecule has 0 aromatic heterocycles. The second-order valence-electron chi connectivity index (χ2n) is 6.83. The predicted octanol–water partition coefficient (Wildman–Crippen LogP) is 8.28. The molecule has 34 heavy (non-hydrogen) atoms. The number of benzene rings is 4. The van der Waals surface area contributed by atoms with Gasteiger partial charge in [0.05, 0.1) is 11.4 Å². The van der Waals surface area contributed by atoms with Gasteiger partial charge < -0.3 is 10.2 Å². The zero-order chi connectivity index (χ0) is 24.6. The SMILES string of the molecule is Cc1cccc(C=Nc2ccccc2)c1O.Oc1ccccc1C=Nc1ccccc1.[Br][Zr][Br].